The average Bonchev–Trinajstić information content (AvgIpc) is 3.23. The molecule has 4 nitrogen and oxygen atoms in total. The normalized spacial score (nSPS) is 14.5. The Morgan fingerprint density at radius 3 is 1.89 bits per heavy atom. The second-order valence-electron chi connectivity index (χ2n) is 9.84. The highest BCUT2D eigenvalue weighted by Crippen LogP contribution is 2.37. The number of anilines is 1. The van der Waals surface area contributed by atoms with Crippen molar-refractivity contribution in [2.45, 2.75) is 26.3 Å². The molecule has 0 bridgehead atoms. The fraction of sp³-hybridized carbons (Fsp3) is 0.250. The standard InChI is InChI=1S/C32H32N4S/c1-23-24(2)37-32-29(23)31(33-28(34-32)22-25-12-6-3-7-13-25)36-20-18-35(19-21-36)30(26-14-8-4-9-15-26)27-16-10-5-11-17-27/h3-17,30H,18-22H2,1-2H3. The van der Waals surface area contributed by atoms with Crippen LogP contribution in [0.2, 0.25) is 0 Å². The summed E-state index contributed by atoms with van der Waals surface area (Å²) in [4.78, 5) is 17.7. The minimum absolute atomic E-state index is 0.258. The molecule has 1 aliphatic heterocycles. The summed E-state index contributed by atoms with van der Waals surface area (Å²) in [5, 5.41) is 1.23. The molecule has 0 aliphatic carbocycles. The Bertz CT molecular complexity index is 1430. The molecule has 0 N–H and O–H groups in total. The van der Waals surface area contributed by atoms with Gasteiger partial charge in [0.2, 0.25) is 0 Å². The average molecular weight is 505 g/mol. The molecular formula is C32H32N4S. The van der Waals surface area contributed by atoms with Gasteiger partial charge in [-0.3, -0.25) is 4.90 Å². The summed E-state index contributed by atoms with van der Waals surface area (Å²) in [6.45, 7) is 8.27. The predicted octanol–water partition coefficient (Wildman–Crippen LogP) is 6.81. The van der Waals surface area contributed by atoms with Crippen molar-refractivity contribution in [2.75, 3.05) is 31.1 Å². The van der Waals surface area contributed by atoms with Crippen molar-refractivity contribution in [3.8, 4) is 0 Å². The molecule has 37 heavy (non-hydrogen) atoms. The third kappa shape index (κ3) is 4.89. The predicted molar refractivity (Wildman–Crippen MR) is 155 cm³/mol. The lowest BCUT2D eigenvalue weighted by molar-refractivity contribution is 0.212. The number of benzene rings is 3. The molecule has 5 heteroatoms. The van der Waals surface area contributed by atoms with E-state index in [0.29, 0.717) is 0 Å². The summed E-state index contributed by atoms with van der Waals surface area (Å²) in [5.74, 6) is 2.01. The first-order chi connectivity index (χ1) is 18.2. The van der Waals surface area contributed by atoms with Gasteiger partial charge in [-0.05, 0) is 36.1 Å². The lowest BCUT2D eigenvalue weighted by Gasteiger charge is -2.40. The van der Waals surface area contributed by atoms with Gasteiger partial charge >= 0.3 is 0 Å². The molecule has 0 amide bonds. The van der Waals surface area contributed by atoms with Gasteiger partial charge in [-0.2, -0.15) is 0 Å². The van der Waals surface area contributed by atoms with Crippen LogP contribution >= 0.6 is 11.3 Å². The number of nitrogens with zero attached hydrogens (tertiary/aromatic N) is 4. The van der Waals surface area contributed by atoms with Gasteiger partial charge < -0.3 is 4.90 Å². The first-order valence-corrected chi connectivity index (χ1v) is 13.9. The number of aromatic nitrogens is 2. The van der Waals surface area contributed by atoms with Gasteiger partial charge in [0.05, 0.1) is 11.4 Å². The van der Waals surface area contributed by atoms with Crippen molar-refractivity contribution in [3.63, 3.8) is 0 Å². The van der Waals surface area contributed by atoms with Gasteiger partial charge in [0, 0.05) is 37.5 Å². The maximum absolute atomic E-state index is 5.18. The molecule has 3 aromatic carbocycles. The van der Waals surface area contributed by atoms with Crippen LogP contribution in [-0.2, 0) is 6.42 Å². The molecular weight excluding hydrogens is 472 g/mol. The van der Waals surface area contributed by atoms with Crippen molar-refractivity contribution < 1.29 is 0 Å². The van der Waals surface area contributed by atoms with E-state index >= 15 is 0 Å². The number of hydrogen-bond acceptors (Lipinski definition) is 5. The van der Waals surface area contributed by atoms with Crippen LogP contribution in [-0.4, -0.2) is 41.0 Å². The van der Waals surface area contributed by atoms with E-state index in [4.69, 9.17) is 9.97 Å². The van der Waals surface area contributed by atoms with Gasteiger partial charge in [0.25, 0.3) is 0 Å². The van der Waals surface area contributed by atoms with Crippen molar-refractivity contribution >= 4 is 27.4 Å². The Morgan fingerprint density at radius 2 is 1.30 bits per heavy atom. The van der Waals surface area contributed by atoms with E-state index in [1.54, 1.807) is 11.3 Å². The van der Waals surface area contributed by atoms with Crippen LogP contribution in [0.25, 0.3) is 10.2 Å². The number of hydrogen-bond donors (Lipinski definition) is 0. The minimum atomic E-state index is 0.258. The number of thiophene rings is 1. The van der Waals surface area contributed by atoms with Crippen LogP contribution in [0.5, 0.6) is 0 Å². The van der Waals surface area contributed by atoms with Gasteiger partial charge in [0.1, 0.15) is 16.5 Å². The highest BCUT2D eigenvalue weighted by atomic mass is 32.1. The molecule has 2 aromatic heterocycles. The fourth-order valence-corrected chi connectivity index (χ4v) is 6.48. The molecule has 3 heterocycles. The first kappa shape index (κ1) is 23.8. The number of aryl methyl sites for hydroxylation is 2. The summed E-state index contributed by atoms with van der Waals surface area (Å²) in [7, 11) is 0. The van der Waals surface area contributed by atoms with Crippen LogP contribution in [0.15, 0.2) is 91.0 Å². The zero-order chi connectivity index (χ0) is 25.2. The molecule has 6 rings (SSSR count). The monoisotopic (exact) mass is 504 g/mol. The number of fused-ring (bicyclic) bond motifs is 1. The van der Waals surface area contributed by atoms with E-state index in [0.717, 1.165) is 49.1 Å². The van der Waals surface area contributed by atoms with Crippen LogP contribution < -0.4 is 4.90 Å². The SMILES string of the molecule is Cc1sc2nc(Cc3ccccc3)nc(N3CCN(C(c4ccccc4)c4ccccc4)CC3)c2c1C. The number of piperazine rings is 1. The van der Waals surface area contributed by atoms with Crippen molar-refractivity contribution in [1.29, 1.82) is 0 Å². The Kier molecular flexibility index (Phi) is 6.73. The zero-order valence-corrected chi connectivity index (χ0v) is 22.3. The van der Waals surface area contributed by atoms with E-state index in [1.165, 1.54) is 32.5 Å². The van der Waals surface area contributed by atoms with Crippen LogP contribution in [0.4, 0.5) is 5.82 Å². The Hall–Kier alpha value is -3.54. The molecule has 0 atom stereocenters. The summed E-state index contributed by atoms with van der Waals surface area (Å²) in [6.07, 6.45) is 0.754. The van der Waals surface area contributed by atoms with Crippen LogP contribution in [0.3, 0.4) is 0 Å². The zero-order valence-electron chi connectivity index (χ0n) is 21.5. The molecule has 0 unspecified atom stereocenters. The quantitative estimate of drug-likeness (QED) is 0.254. The second-order valence-corrected chi connectivity index (χ2v) is 11.0. The maximum Gasteiger partial charge on any atom is 0.141 e. The van der Waals surface area contributed by atoms with E-state index in [-0.39, 0.29) is 6.04 Å². The summed E-state index contributed by atoms with van der Waals surface area (Å²) < 4.78 is 0. The molecule has 5 aromatic rings. The van der Waals surface area contributed by atoms with Gasteiger partial charge in [-0.15, -0.1) is 11.3 Å². The lowest BCUT2D eigenvalue weighted by Crippen LogP contribution is -2.48. The van der Waals surface area contributed by atoms with Gasteiger partial charge in [0.15, 0.2) is 0 Å². The van der Waals surface area contributed by atoms with Crippen molar-refractivity contribution in [1.82, 2.24) is 14.9 Å². The summed E-state index contributed by atoms with van der Waals surface area (Å²) >= 11 is 1.79. The van der Waals surface area contributed by atoms with E-state index < -0.39 is 0 Å². The molecule has 1 saturated heterocycles. The van der Waals surface area contributed by atoms with Crippen LogP contribution in [0.1, 0.15) is 39.0 Å². The fourth-order valence-electron chi connectivity index (χ4n) is 5.43. The largest absolute Gasteiger partial charge is 0.353 e. The van der Waals surface area contributed by atoms with E-state index in [1.807, 2.05) is 0 Å². The molecule has 1 fully saturated rings. The minimum Gasteiger partial charge on any atom is -0.353 e. The third-order valence-electron chi connectivity index (χ3n) is 7.47. The second kappa shape index (κ2) is 10.4. The van der Waals surface area contributed by atoms with Gasteiger partial charge in [-0.1, -0.05) is 91.0 Å². The van der Waals surface area contributed by atoms with Crippen molar-refractivity contribution in [3.05, 3.63) is 124 Å². The maximum atomic E-state index is 5.18. The molecule has 0 spiro atoms. The Morgan fingerprint density at radius 1 is 0.730 bits per heavy atom. The topological polar surface area (TPSA) is 32.3 Å². The van der Waals surface area contributed by atoms with Gasteiger partial charge in [-0.25, -0.2) is 9.97 Å². The molecule has 1 aliphatic rings. The van der Waals surface area contributed by atoms with E-state index in [2.05, 4.69) is 115 Å². The highest BCUT2D eigenvalue weighted by molar-refractivity contribution is 7.18. The molecule has 0 radical (unpaired) electrons. The summed E-state index contributed by atoms with van der Waals surface area (Å²) in [6, 6.07) is 32.6. The van der Waals surface area contributed by atoms with Crippen LogP contribution in [0, 0.1) is 13.8 Å². The lowest BCUT2D eigenvalue weighted by atomic mass is 9.96. The number of rotatable bonds is 6. The highest BCUT2D eigenvalue weighted by Gasteiger charge is 2.28. The van der Waals surface area contributed by atoms with E-state index in [9.17, 15) is 0 Å². The smallest absolute Gasteiger partial charge is 0.141 e. The summed E-state index contributed by atoms with van der Waals surface area (Å²) in [5.41, 5.74) is 5.26. The van der Waals surface area contributed by atoms with Crippen molar-refractivity contribution in [2.24, 2.45) is 0 Å². The Balaban J connectivity index is 1.30. The third-order valence-corrected chi connectivity index (χ3v) is 8.57. The molecule has 186 valence electrons. The Labute approximate surface area is 223 Å². The first-order valence-electron chi connectivity index (χ1n) is 13.1. The molecule has 0 saturated carbocycles.